The third kappa shape index (κ3) is 3.81. The smallest absolute Gasteiger partial charge is 0.195 e. The maximum atomic E-state index is 12.1. The highest BCUT2D eigenvalue weighted by molar-refractivity contribution is 9.10. The highest BCUT2D eigenvalue weighted by atomic mass is 79.9. The Bertz CT molecular complexity index is 644. The Morgan fingerprint density at radius 2 is 2.15 bits per heavy atom. The molecule has 4 heteroatoms. The summed E-state index contributed by atoms with van der Waals surface area (Å²) in [6.07, 6.45) is 3.39. The van der Waals surface area contributed by atoms with Gasteiger partial charge >= 0.3 is 0 Å². The molecule has 0 bridgehead atoms. The lowest BCUT2D eigenvalue weighted by molar-refractivity contribution is 0.105. The number of carbonyl (C=O) groups is 1. The van der Waals surface area contributed by atoms with Crippen molar-refractivity contribution >= 4 is 39.1 Å². The van der Waals surface area contributed by atoms with Crippen LogP contribution in [0.3, 0.4) is 0 Å². The monoisotopic (exact) mass is 350 g/mol. The van der Waals surface area contributed by atoms with Gasteiger partial charge in [0.25, 0.3) is 0 Å². The van der Waals surface area contributed by atoms with Crippen molar-refractivity contribution in [2.24, 2.45) is 0 Å². The van der Waals surface area contributed by atoms with E-state index >= 15 is 0 Å². The zero-order valence-corrected chi connectivity index (χ0v) is 13.8. The van der Waals surface area contributed by atoms with E-state index in [1.807, 2.05) is 44.2 Å². The molecule has 0 unspecified atom stereocenters. The molecule has 0 aliphatic carbocycles. The van der Waals surface area contributed by atoms with E-state index in [2.05, 4.69) is 15.9 Å². The van der Waals surface area contributed by atoms with Crippen molar-refractivity contribution in [3.8, 4) is 5.75 Å². The lowest BCUT2D eigenvalue weighted by Crippen LogP contribution is -1.94. The molecule has 0 spiro atoms. The largest absolute Gasteiger partial charge is 0.493 e. The van der Waals surface area contributed by atoms with Gasteiger partial charge in [0, 0.05) is 14.9 Å². The van der Waals surface area contributed by atoms with Crippen LogP contribution < -0.4 is 4.74 Å². The molecule has 1 aromatic heterocycles. The van der Waals surface area contributed by atoms with Crippen LogP contribution in [-0.2, 0) is 0 Å². The van der Waals surface area contributed by atoms with Gasteiger partial charge in [0.15, 0.2) is 5.78 Å². The summed E-state index contributed by atoms with van der Waals surface area (Å²) in [6.45, 7) is 4.53. The van der Waals surface area contributed by atoms with Gasteiger partial charge in [0.1, 0.15) is 5.75 Å². The van der Waals surface area contributed by atoms with E-state index in [1.54, 1.807) is 12.2 Å². The number of halogens is 1. The van der Waals surface area contributed by atoms with E-state index in [1.165, 1.54) is 11.3 Å². The predicted molar refractivity (Wildman–Crippen MR) is 87.7 cm³/mol. The van der Waals surface area contributed by atoms with Crippen LogP contribution in [0, 0.1) is 6.92 Å². The maximum absolute atomic E-state index is 12.1. The van der Waals surface area contributed by atoms with Crippen LogP contribution in [0.5, 0.6) is 5.75 Å². The number of carbonyl (C=O) groups excluding carboxylic acids is 1. The van der Waals surface area contributed by atoms with E-state index < -0.39 is 0 Å². The predicted octanol–water partition coefficient (Wildman–Crippen LogP) is 5.11. The molecule has 0 saturated heterocycles. The molecule has 1 heterocycles. The summed E-state index contributed by atoms with van der Waals surface area (Å²) in [5.74, 6) is 0.799. The fourth-order valence-electron chi connectivity index (χ4n) is 1.75. The summed E-state index contributed by atoms with van der Waals surface area (Å²) in [5, 5.41) is 0. The molecule has 1 aromatic carbocycles. The first-order valence-corrected chi connectivity index (χ1v) is 7.92. The summed E-state index contributed by atoms with van der Waals surface area (Å²) in [7, 11) is 0. The third-order valence-corrected chi connectivity index (χ3v) is 4.18. The van der Waals surface area contributed by atoms with Gasteiger partial charge in [-0.05, 0) is 56.3 Å². The number of thiophene rings is 1. The van der Waals surface area contributed by atoms with E-state index in [-0.39, 0.29) is 5.78 Å². The quantitative estimate of drug-likeness (QED) is 0.552. The summed E-state index contributed by atoms with van der Waals surface area (Å²) in [6, 6.07) is 9.57. The van der Waals surface area contributed by atoms with Crippen LogP contribution >= 0.6 is 27.3 Å². The summed E-state index contributed by atoms with van der Waals surface area (Å²) in [5.41, 5.74) is 0.892. The molecular weight excluding hydrogens is 336 g/mol. The molecule has 0 atom stereocenters. The van der Waals surface area contributed by atoms with Gasteiger partial charge in [-0.15, -0.1) is 11.3 Å². The SMILES string of the molecule is CCOc1ccc(Br)cc1/C=C/C(=O)c1ccc(C)s1. The van der Waals surface area contributed by atoms with Gasteiger partial charge in [0.05, 0.1) is 11.5 Å². The minimum atomic E-state index is 0.0190. The fourth-order valence-corrected chi connectivity index (χ4v) is 2.92. The van der Waals surface area contributed by atoms with Gasteiger partial charge in [-0.25, -0.2) is 0 Å². The van der Waals surface area contributed by atoms with Crippen molar-refractivity contribution in [3.63, 3.8) is 0 Å². The Morgan fingerprint density at radius 3 is 2.80 bits per heavy atom. The van der Waals surface area contributed by atoms with Crippen molar-refractivity contribution in [1.29, 1.82) is 0 Å². The second kappa shape index (κ2) is 6.86. The molecule has 2 nitrogen and oxygen atoms in total. The number of allylic oxidation sites excluding steroid dienone is 1. The molecular formula is C16H15BrO2S. The number of ketones is 1. The number of hydrogen-bond donors (Lipinski definition) is 0. The zero-order valence-electron chi connectivity index (χ0n) is 11.4. The van der Waals surface area contributed by atoms with Crippen LogP contribution in [0.15, 0.2) is 40.9 Å². The zero-order chi connectivity index (χ0) is 14.5. The third-order valence-electron chi connectivity index (χ3n) is 2.67. The van der Waals surface area contributed by atoms with Crippen LogP contribution in [0.25, 0.3) is 6.08 Å². The minimum Gasteiger partial charge on any atom is -0.493 e. The minimum absolute atomic E-state index is 0.0190. The Hall–Kier alpha value is -1.39. The van der Waals surface area contributed by atoms with Gasteiger partial charge in [-0.2, -0.15) is 0 Å². The van der Waals surface area contributed by atoms with Crippen molar-refractivity contribution in [1.82, 2.24) is 0 Å². The highest BCUT2D eigenvalue weighted by Gasteiger charge is 2.06. The van der Waals surface area contributed by atoms with E-state index in [9.17, 15) is 4.79 Å². The molecule has 0 radical (unpaired) electrons. The molecule has 20 heavy (non-hydrogen) atoms. The van der Waals surface area contributed by atoms with Crippen molar-refractivity contribution in [3.05, 3.63) is 56.2 Å². The topological polar surface area (TPSA) is 26.3 Å². The van der Waals surface area contributed by atoms with E-state index in [4.69, 9.17) is 4.74 Å². The summed E-state index contributed by atoms with van der Waals surface area (Å²) in [4.78, 5) is 14.0. The Morgan fingerprint density at radius 1 is 1.35 bits per heavy atom. The van der Waals surface area contributed by atoms with Crippen LogP contribution in [0.4, 0.5) is 0 Å². The Labute approximate surface area is 131 Å². The second-order valence-electron chi connectivity index (χ2n) is 4.22. The Balaban J connectivity index is 2.22. The van der Waals surface area contributed by atoms with Crippen LogP contribution in [-0.4, -0.2) is 12.4 Å². The second-order valence-corrected chi connectivity index (χ2v) is 6.43. The highest BCUT2D eigenvalue weighted by Crippen LogP contribution is 2.25. The molecule has 0 amide bonds. The average molecular weight is 351 g/mol. The first-order chi connectivity index (χ1) is 9.60. The van der Waals surface area contributed by atoms with E-state index in [0.29, 0.717) is 6.61 Å². The molecule has 0 aliphatic heterocycles. The number of ether oxygens (including phenoxy) is 1. The molecule has 0 aliphatic rings. The number of benzene rings is 1. The maximum Gasteiger partial charge on any atom is 0.195 e. The molecule has 0 fully saturated rings. The molecule has 2 aromatic rings. The van der Waals surface area contributed by atoms with Gasteiger partial charge in [-0.3, -0.25) is 4.79 Å². The first kappa shape index (κ1) is 15.0. The van der Waals surface area contributed by atoms with Crippen LogP contribution in [0.1, 0.15) is 27.0 Å². The van der Waals surface area contributed by atoms with Crippen molar-refractivity contribution in [2.45, 2.75) is 13.8 Å². The van der Waals surface area contributed by atoms with Gasteiger partial charge < -0.3 is 4.74 Å². The van der Waals surface area contributed by atoms with Crippen molar-refractivity contribution < 1.29 is 9.53 Å². The lowest BCUT2D eigenvalue weighted by atomic mass is 10.1. The van der Waals surface area contributed by atoms with E-state index in [0.717, 1.165) is 25.5 Å². The van der Waals surface area contributed by atoms with Crippen molar-refractivity contribution in [2.75, 3.05) is 6.61 Å². The lowest BCUT2D eigenvalue weighted by Gasteiger charge is -2.07. The van der Waals surface area contributed by atoms with Gasteiger partial charge in [-0.1, -0.05) is 15.9 Å². The normalized spacial score (nSPS) is 10.9. The fraction of sp³-hybridized carbons (Fsp3) is 0.188. The Kier molecular flexibility index (Phi) is 5.15. The first-order valence-electron chi connectivity index (χ1n) is 6.31. The summed E-state index contributed by atoms with van der Waals surface area (Å²) < 4.78 is 6.51. The molecule has 0 N–H and O–H groups in total. The average Bonchev–Trinajstić information content (AvgIpc) is 2.85. The number of hydrogen-bond acceptors (Lipinski definition) is 3. The molecule has 0 saturated carbocycles. The number of rotatable bonds is 5. The molecule has 104 valence electrons. The van der Waals surface area contributed by atoms with Gasteiger partial charge in [0.2, 0.25) is 0 Å². The molecule has 2 rings (SSSR count). The summed E-state index contributed by atoms with van der Waals surface area (Å²) >= 11 is 4.94. The standard InChI is InChI=1S/C16H15BrO2S/c1-3-19-15-8-6-13(17)10-12(15)5-7-14(18)16-9-4-11(2)20-16/h4-10H,3H2,1-2H3/b7-5+. The van der Waals surface area contributed by atoms with Crippen LogP contribution in [0.2, 0.25) is 0 Å². The number of aryl methyl sites for hydroxylation is 1.